The molecule has 18 heavy (non-hydrogen) atoms. The molecule has 0 N–H and O–H groups in total. The Morgan fingerprint density at radius 2 is 2.11 bits per heavy atom. The molecule has 0 saturated heterocycles. The highest BCUT2D eigenvalue weighted by Crippen LogP contribution is 2.28. The molecule has 0 atom stereocenters. The van der Waals surface area contributed by atoms with E-state index in [-0.39, 0.29) is 5.02 Å². The van der Waals surface area contributed by atoms with Crippen molar-refractivity contribution in [2.45, 2.75) is 6.92 Å². The van der Waals surface area contributed by atoms with Gasteiger partial charge in [-0.3, -0.25) is 10.1 Å². The van der Waals surface area contributed by atoms with Crippen LogP contribution in [-0.4, -0.2) is 14.7 Å². The molecule has 8 heteroatoms. The second-order valence-corrected chi connectivity index (χ2v) is 3.90. The van der Waals surface area contributed by atoms with E-state index in [1.165, 1.54) is 6.20 Å². The first-order valence-electron chi connectivity index (χ1n) is 4.76. The van der Waals surface area contributed by atoms with E-state index >= 15 is 0 Å². The molecular weight excluding hydrogens is 268 g/mol. The molecule has 2 aromatic rings. The summed E-state index contributed by atoms with van der Waals surface area (Å²) >= 11 is 5.73. The van der Waals surface area contributed by atoms with Crippen molar-refractivity contribution in [2.24, 2.45) is 0 Å². The molecule has 1 aromatic carbocycles. The number of aryl methyl sites for hydroxylation is 1. The van der Waals surface area contributed by atoms with E-state index in [0.717, 1.165) is 10.7 Å². The van der Waals surface area contributed by atoms with Gasteiger partial charge in [-0.1, -0.05) is 11.6 Å². The van der Waals surface area contributed by atoms with Crippen LogP contribution in [0.15, 0.2) is 18.3 Å². The highest BCUT2D eigenvalue weighted by atomic mass is 35.5. The summed E-state index contributed by atoms with van der Waals surface area (Å²) in [4.78, 5) is 9.98. The van der Waals surface area contributed by atoms with E-state index in [2.05, 4.69) is 5.10 Å². The lowest BCUT2D eigenvalue weighted by Gasteiger charge is -2.04. The maximum absolute atomic E-state index is 13.7. The van der Waals surface area contributed by atoms with E-state index in [0.29, 0.717) is 11.8 Å². The quantitative estimate of drug-likeness (QED) is 0.624. The van der Waals surface area contributed by atoms with Crippen LogP contribution in [0.1, 0.15) is 5.69 Å². The van der Waals surface area contributed by atoms with Crippen LogP contribution in [0, 0.1) is 28.7 Å². The van der Waals surface area contributed by atoms with Crippen molar-refractivity contribution in [3.63, 3.8) is 0 Å². The van der Waals surface area contributed by atoms with Crippen molar-refractivity contribution in [2.75, 3.05) is 0 Å². The van der Waals surface area contributed by atoms with Crippen LogP contribution in [0.5, 0.6) is 0 Å². The predicted octanol–water partition coefficient (Wildman–Crippen LogP) is 3.02. The van der Waals surface area contributed by atoms with Gasteiger partial charge in [0.1, 0.15) is 0 Å². The minimum atomic E-state index is -1.34. The molecule has 0 unspecified atom stereocenters. The zero-order valence-electron chi connectivity index (χ0n) is 9.02. The largest absolute Gasteiger partial charge is 0.298 e. The fourth-order valence-electron chi connectivity index (χ4n) is 1.45. The fraction of sp³-hybridized carbons (Fsp3) is 0.100. The van der Waals surface area contributed by atoms with Gasteiger partial charge in [0.25, 0.3) is 5.69 Å². The summed E-state index contributed by atoms with van der Waals surface area (Å²) in [5.41, 5.74) is -0.808. The van der Waals surface area contributed by atoms with Crippen molar-refractivity contribution in [3.8, 4) is 5.69 Å². The van der Waals surface area contributed by atoms with Gasteiger partial charge >= 0.3 is 0 Å². The van der Waals surface area contributed by atoms with Crippen molar-refractivity contribution >= 4 is 17.3 Å². The summed E-state index contributed by atoms with van der Waals surface area (Å²) in [6.07, 6.45) is 1.18. The topological polar surface area (TPSA) is 61.0 Å². The number of halogens is 3. The highest BCUT2D eigenvalue weighted by Gasteiger charge is 2.24. The van der Waals surface area contributed by atoms with Crippen LogP contribution in [0.4, 0.5) is 14.5 Å². The summed E-state index contributed by atoms with van der Waals surface area (Å²) in [5, 5.41) is 14.8. The number of aromatic nitrogens is 2. The lowest BCUT2D eigenvalue weighted by Crippen LogP contribution is -2.05. The first kappa shape index (κ1) is 12.4. The van der Waals surface area contributed by atoms with Gasteiger partial charge in [0.2, 0.25) is 0 Å². The maximum Gasteiger partial charge on any atom is 0.298 e. The lowest BCUT2D eigenvalue weighted by atomic mass is 10.2. The van der Waals surface area contributed by atoms with Crippen molar-refractivity contribution in [1.29, 1.82) is 0 Å². The minimum absolute atomic E-state index is 0.202. The Bertz CT molecular complexity index is 623. The number of nitro groups is 1. The van der Waals surface area contributed by atoms with Gasteiger partial charge in [-0.15, -0.1) is 0 Å². The molecule has 0 bridgehead atoms. The van der Waals surface area contributed by atoms with Gasteiger partial charge in [0.05, 0.1) is 21.8 Å². The van der Waals surface area contributed by atoms with E-state index in [1.54, 1.807) is 6.92 Å². The molecule has 0 amide bonds. The molecule has 0 saturated carbocycles. The molecule has 5 nitrogen and oxygen atoms in total. The molecule has 2 rings (SSSR count). The Morgan fingerprint density at radius 1 is 1.44 bits per heavy atom. The predicted molar refractivity (Wildman–Crippen MR) is 59.9 cm³/mol. The molecular formula is C10H6ClF2N3O2. The van der Waals surface area contributed by atoms with Gasteiger partial charge in [-0.25, -0.2) is 13.5 Å². The second-order valence-electron chi connectivity index (χ2n) is 3.49. The first-order valence-corrected chi connectivity index (χ1v) is 5.14. The highest BCUT2D eigenvalue weighted by molar-refractivity contribution is 6.31. The molecule has 0 aliphatic rings. The molecule has 0 fully saturated rings. The third kappa shape index (κ3) is 1.92. The Labute approximate surface area is 105 Å². The molecule has 94 valence electrons. The summed E-state index contributed by atoms with van der Waals surface area (Å²) in [5.74, 6) is -2.54. The summed E-state index contributed by atoms with van der Waals surface area (Å²) in [7, 11) is 0. The molecule has 1 heterocycles. The van der Waals surface area contributed by atoms with Crippen LogP contribution >= 0.6 is 11.6 Å². The summed E-state index contributed by atoms with van der Waals surface area (Å²) in [6.45, 7) is 1.54. The first-order chi connectivity index (χ1) is 8.41. The van der Waals surface area contributed by atoms with Crippen LogP contribution in [0.2, 0.25) is 5.02 Å². The van der Waals surface area contributed by atoms with Crippen LogP contribution in [-0.2, 0) is 0 Å². The number of nitrogens with zero attached hydrogens (tertiary/aromatic N) is 3. The standard InChI is InChI=1S/C10H6ClF2N3O2/c1-5-6(11)4-15(14-5)10-8(16(17)18)3-2-7(12)9(10)13/h2-4H,1H3. The van der Waals surface area contributed by atoms with Gasteiger partial charge in [-0.05, 0) is 13.0 Å². The summed E-state index contributed by atoms with van der Waals surface area (Å²) in [6, 6.07) is 1.56. The fourth-order valence-corrected chi connectivity index (χ4v) is 1.58. The van der Waals surface area contributed by atoms with Gasteiger partial charge < -0.3 is 0 Å². The van der Waals surface area contributed by atoms with Crippen LogP contribution in [0.3, 0.4) is 0 Å². The van der Waals surface area contributed by atoms with Gasteiger partial charge in [0, 0.05) is 6.07 Å². The second kappa shape index (κ2) is 4.34. The number of benzene rings is 1. The Balaban J connectivity index is 2.75. The van der Waals surface area contributed by atoms with Crippen molar-refractivity contribution in [1.82, 2.24) is 9.78 Å². The zero-order valence-corrected chi connectivity index (χ0v) is 9.78. The molecule has 0 spiro atoms. The van der Waals surface area contributed by atoms with E-state index in [1.807, 2.05) is 0 Å². The molecule has 0 aliphatic carbocycles. The lowest BCUT2D eigenvalue weighted by molar-refractivity contribution is -0.384. The Hall–Kier alpha value is -2.02. The SMILES string of the molecule is Cc1nn(-c2c([N+](=O)[O-])ccc(F)c2F)cc1Cl. The summed E-state index contributed by atoms with van der Waals surface area (Å²) < 4.78 is 27.7. The Morgan fingerprint density at radius 3 is 2.61 bits per heavy atom. The minimum Gasteiger partial charge on any atom is -0.258 e. The van der Waals surface area contributed by atoms with Gasteiger partial charge in [0.15, 0.2) is 17.3 Å². The molecule has 1 aromatic heterocycles. The van der Waals surface area contributed by atoms with E-state index < -0.39 is 27.9 Å². The number of nitro benzene ring substituents is 1. The number of rotatable bonds is 2. The third-order valence-electron chi connectivity index (χ3n) is 2.31. The smallest absolute Gasteiger partial charge is 0.258 e. The Kier molecular flexibility index (Phi) is 3.00. The van der Waals surface area contributed by atoms with Gasteiger partial charge in [-0.2, -0.15) is 5.10 Å². The number of hydrogen-bond acceptors (Lipinski definition) is 3. The zero-order chi connectivity index (χ0) is 13.4. The van der Waals surface area contributed by atoms with Crippen LogP contribution < -0.4 is 0 Å². The average molecular weight is 274 g/mol. The van der Waals surface area contributed by atoms with Crippen molar-refractivity contribution in [3.05, 3.63) is 50.8 Å². The third-order valence-corrected chi connectivity index (χ3v) is 2.68. The normalized spacial score (nSPS) is 10.7. The van der Waals surface area contributed by atoms with Crippen LogP contribution in [0.25, 0.3) is 5.69 Å². The average Bonchev–Trinajstić information content (AvgIpc) is 2.62. The maximum atomic E-state index is 13.7. The number of hydrogen-bond donors (Lipinski definition) is 0. The van der Waals surface area contributed by atoms with Crippen molar-refractivity contribution < 1.29 is 13.7 Å². The monoisotopic (exact) mass is 273 g/mol. The molecule has 0 aliphatic heterocycles. The van der Waals surface area contributed by atoms with E-state index in [4.69, 9.17) is 11.6 Å². The van der Waals surface area contributed by atoms with E-state index in [9.17, 15) is 18.9 Å². The molecule has 0 radical (unpaired) electrons.